The number of imidazole rings is 1. The summed E-state index contributed by atoms with van der Waals surface area (Å²) >= 11 is 0. The molecule has 2 heterocycles. The molecule has 0 spiro atoms. The molecule has 0 saturated carbocycles. The van der Waals surface area contributed by atoms with E-state index in [2.05, 4.69) is 75.6 Å². The Kier molecular flexibility index (Phi) is 7.34. The summed E-state index contributed by atoms with van der Waals surface area (Å²) in [4.78, 5) is 8.94. The monoisotopic (exact) mass is 417 g/mol. The van der Waals surface area contributed by atoms with Crippen molar-refractivity contribution < 1.29 is 4.74 Å². The van der Waals surface area contributed by atoms with Crippen molar-refractivity contribution in [2.24, 2.45) is 4.99 Å². The number of nitrogens with one attached hydrogen (secondary N) is 2. The van der Waals surface area contributed by atoms with Crippen molar-refractivity contribution in [3.63, 3.8) is 0 Å². The number of aromatic nitrogens is 2. The van der Waals surface area contributed by atoms with Crippen molar-refractivity contribution >= 4 is 5.96 Å². The van der Waals surface area contributed by atoms with E-state index in [9.17, 15) is 0 Å². The maximum Gasteiger partial charge on any atom is 0.191 e. The highest BCUT2D eigenvalue weighted by Crippen LogP contribution is 2.25. The lowest BCUT2D eigenvalue weighted by Crippen LogP contribution is -2.41. The Labute approximate surface area is 184 Å². The smallest absolute Gasteiger partial charge is 0.191 e. The van der Waals surface area contributed by atoms with E-state index in [0.717, 1.165) is 45.0 Å². The highest BCUT2D eigenvalue weighted by molar-refractivity contribution is 5.80. The van der Waals surface area contributed by atoms with Gasteiger partial charge in [-0.3, -0.25) is 0 Å². The largest absolute Gasteiger partial charge is 0.376 e. The third-order valence-corrected chi connectivity index (χ3v) is 5.48. The molecule has 31 heavy (non-hydrogen) atoms. The number of rotatable bonds is 8. The van der Waals surface area contributed by atoms with Crippen LogP contribution in [0.5, 0.6) is 0 Å². The van der Waals surface area contributed by atoms with E-state index in [1.165, 1.54) is 22.3 Å². The number of aliphatic imine (C=N–C) groups is 1. The molecule has 0 radical (unpaired) electrons. The Morgan fingerprint density at radius 1 is 1.16 bits per heavy atom. The van der Waals surface area contributed by atoms with Crippen molar-refractivity contribution in [2.75, 3.05) is 19.7 Å². The van der Waals surface area contributed by atoms with Crippen LogP contribution in [0.4, 0.5) is 0 Å². The zero-order valence-corrected chi connectivity index (χ0v) is 18.1. The molecule has 1 unspecified atom stereocenters. The lowest BCUT2D eigenvalue weighted by Gasteiger charge is -2.15. The van der Waals surface area contributed by atoms with Gasteiger partial charge in [-0.25, -0.2) is 9.98 Å². The summed E-state index contributed by atoms with van der Waals surface area (Å²) < 4.78 is 7.79. The van der Waals surface area contributed by atoms with Crippen molar-refractivity contribution in [1.29, 1.82) is 0 Å². The van der Waals surface area contributed by atoms with E-state index < -0.39 is 0 Å². The number of benzene rings is 2. The van der Waals surface area contributed by atoms with Crippen LogP contribution in [0.25, 0.3) is 11.1 Å². The van der Waals surface area contributed by atoms with Gasteiger partial charge in [0.15, 0.2) is 5.96 Å². The first-order chi connectivity index (χ1) is 15.3. The topological polar surface area (TPSA) is 63.5 Å². The molecule has 0 amide bonds. The third-order valence-electron chi connectivity index (χ3n) is 5.48. The molecular formula is C25H31N5O. The van der Waals surface area contributed by atoms with Crippen LogP contribution >= 0.6 is 0 Å². The van der Waals surface area contributed by atoms with Gasteiger partial charge >= 0.3 is 0 Å². The number of hydrogen-bond donors (Lipinski definition) is 2. The molecule has 1 saturated heterocycles. The molecule has 1 aliphatic heterocycles. The van der Waals surface area contributed by atoms with Gasteiger partial charge in [0.05, 0.1) is 19.0 Å². The average Bonchev–Trinajstić information content (AvgIpc) is 3.51. The molecule has 2 N–H and O–H groups in total. The van der Waals surface area contributed by atoms with E-state index in [4.69, 9.17) is 9.73 Å². The van der Waals surface area contributed by atoms with Gasteiger partial charge in [-0.05, 0) is 42.0 Å². The molecule has 6 nitrogen and oxygen atoms in total. The predicted molar refractivity (Wildman–Crippen MR) is 125 cm³/mol. The van der Waals surface area contributed by atoms with Crippen LogP contribution < -0.4 is 10.6 Å². The summed E-state index contributed by atoms with van der Waals surface area (Å²) in [6.45, 7) is 6.03. The van der Waals surface area contributed by atoms with E-state index in [1.807, 2.05) is 18.7 Å². The minimum absolute atomic E-state index is 0.289. The Balaban J connectivity index is 1.44. The Hall–Kier alpha value is -3.12. The molecule has 1 fully saturated rings. The van der Waals surface area contributed by atoms with Gasteiger partial charge in [0.1, 0.15) is 0 Å². The molecule has 162 valence electrons. The van der Waals surface area contributed by atoms with Crippen LogP contribution in [-0.4, -0.2) is 41.3 Å². The second-order valence-electron chi connectivity index (χ2n) is 7.80. The van der Waals surface area contributed by atoms with Crippen molar-refractivity contribution in [3.05, 3.63) is 78.4 Å². The fraction of sp³-hybridized carbons (Fsp3) is 0.360. The van der Waals surface area contributed by atoms with Gasteiger partial charge in [-0.2, -0.15) is 0 Å². The highest BCUT2D eigenvalue weighted by atomic mass is 16.5. The van der Waals surface area contributed by atoms with Crippen LogP contribution in [0.2, 0.25) is 0 Å². The number of nitrogens with zero attached hydrogens (tertiary/aromatic N) is 3. The van der Waals surface area contributed by atoms with Crippen LogP contribution in [0, 0.1) is 0 Å². The average molecular weight is 418 g/mol. The van der Waals surface area contributed by atoms with Crippen LogP contribution in [0.1, 0.15) is 30.9 Å². The van der Waals surface area contributed by atoms with E-state index in [1.54, 1.807) is 0 Å². The van der Waals surface area contributed by atoms with Gasteiger partial charge in [0.2, 0.25) is 0 Å². The Morgan fingerprint density at radius 2 is 2.03 bits per heavy atom. The Morgan fingerprint density at radius 3 is 2.77 bits per heavy atom. The van der Waals surface area contributed by atoms with Crippen LogP contribution in [0.3, 0.4) is 0 Å². The lowest BCUT2D eigenvalue weighted by molar-refractivity contribution is 0.114. The quantitative estimate of drug-likeness (QED) is 0.432. The normalized spacial score (nSPS) is 16.4. The summed E-state index contributed by atoms with van der Waals surface area (Å²) in [5.41, 5.74) is 4.89. The molecule has 4 rings (SSSR count). The minimum Gasteiger partial charge on any atom is -0.376 e. The first kappa shape index (κ1) is 21.1. The first-order valence-electron chi connectivity index (χ1n) is 11.1. The zero-order chi connectivity index (χ0) is 21.3. The fourth-order valence-electron chi connectivity index (χ4n) is 3.84. The third kappa shape index (κ3) is 5.95. The van der Waals surface area contributed by atoms with E-state index in [-0.39, 0.29) is 6.10 Å². The van der Waals surface area contributed by atoms with E-state index in [0.29, 0.717) is 6.54 Å². The molecule has 3 aromatic rings. The zero-order valence-electron chi connectivity index (χ0n) is 18.1. The maximum atomic E-state index is 5.71. The highest BCUT2D eigenvalue weighted by Gasteiger charge is 2.15. The number of hydrogen-bond acceptors (Lipinski definition) is 3. The van der Waals surface area contributed by atoms with Crippen molar-refractivity contribution in [2.45, 2.75) is 39.0 Å². The molecule has 2 aromatic carbocycles. The SMILES string of the molecule is CCNC(=NCc1ccccc1-c1ccc(Cn2ccnc2)cc1)NCC1CCCO1. The number of guanidine groups is 1. The van der Waals surface area contributed by atoms with Gasteiger partial charge in [-0.1, -0.05) is 48.5 Å². The second kappa shape index (κ2) is 10.8. The molecule has 1 aliphatic rings. The fourth-order valence-corrected chi connectivity index (χ4v) is 3.84. The molecule has 0 bridgehead atoms. The van der Waals surface area contributed by atoms with Crippen molar-refractivity contribution in [1.82, 2.24) is 20.2 Å². The number of ether oxygens (including phenoxy) is 1. The molecular weight excluding hydrogens is 386 g/mol. The standard InChI is InChI=1S/C25H31N5O/c1-2-27-25(29-17-23-7-5-15-31-23)28-16-22-6-3-4-8-24(22)21-11-9-20(10-12-21)18-30-14-13-26-19-30/h3-4,6,8-14,19,23H,2,5,7,15-18H2,1H3,(H2,27,28,29). The van der Waals surface area contributed by atoms with Crippen LogP contribution in [0.15, 0.2) is 72.2 Å². The van der Waals surface area contributed by atoms with E-state index >= 15 is 0 Å². The van der Waals surface area contributed by atoms with Gasteiger partial charge in [0, 0.05) is 38.6 Å². The summed E-state index contributed by atoms with van der Waals surface area (Å²) in [7, 11) is 0. The minimum atomic E-state index is 0.289. The predicted octanol–water partition coefficient (Wildman–Crippen LogP) is 3.83. The molecule has 0 aliphatic carbocycles. The second-order valence-corrected chi connectivity index (χ2v) is 7.80. The summed E-state index contributed by atoms with van der Waals surface area (Å²) in [6, 6.07) is 17.2. The summed E-state index contributed by atoms with van der Waals surface area (Å²) in [5, 5.41) is 6.77. The molecule has 1 atom stereocenters. The molecule has 6 heteroatoms. The van der Waals surface area contributed by atoms with Crippen molar-refractivity contribution in [3.8, 4) is 11.1 Å². The Bertz CT molecular complexity index is 960. The summed E-state index contributed by atoms with van der Waals surface area (Å²) in [5.74, 6) is 0.837. The summed E-state index contributed by atoms with van der Waals surface area (Å²) in [6.07, 6.45) is 8.19. The van der Waals surface area contributed by atoms with Gasteiger partial charge < -0.3 is 19.9 Å². The van der Waals surface area contributed by atoms with Gasteiger partial charge in [0.25, 0.3) is 0 Å². The maximum absolute atomic E-state index is 5.71. The lowest BCUT2D eigenvalue weighted by atomic mass is 9.98. The first-order valence-corrected chi connectivity index (χ1v) is 11.1. The van der Waals surface area contributed by atoms with Crippen LogP contribution in [-0.2, 0) is 17.8 Å². The van der Waals surface area contributed by atoms with Gasteiger partial charge in [-0.15, -0.1) is 0 Å². The molecule has 1 aromatic heterocycles.